The Balaban J connectivity index is 1.72. The molecule has 2 atom stereocenters. The molecule has 1 aliphatic rings. The van der Waals surface area contributed by atoms with Crippen molar-refractivity contribution in [3.63, 3.8) is 0 Å². The summed E-state index contributed by atoms with van der Waals surface area (Å²) in [4.78, 5) is -0.0337. The number of sulfonamides is 1. The molecule has 4 rings (SSSR count). The molecule has 7 nitrogen and oxygen atoms in total. The summed E-state index contributed by atoms with van der Waals surface area (Å²) in [6, 6.07) is 25.0. The molecule has 34 heavy (non-hydrogen) atoms. The summed E-state index contributed by atoms with van der Waals surface area (Å²) < 4.78 is 54.3. The van der Waals surface area contributed by atoms with Gasteiger partial charge in [-0.25, -0.2) is 16.8 Å². The zero-order valence-corrected chi connectivity index (χ0v) is 20.0. The standard InChI is InChI=1S/C25H25N3O4S2/c26-15-22-12-7-13-23(14-22)34(31,32)28(17-21-10-5-2-6-11-21)25-19-33(29,30)18-24(25)27-16-20-8-3-1-4-9-20/h1-14,24-25,27H,16-19H2/t24-,25+/m1/s1. The Hall–Kier alpha value is -3.03. The van der Waals surface area contributed by atoms with Gasteiger partial charge >= 0.3 is 0 Å². The Morgan fingerprint density at radius 3 is 2.21 bits per heavy atom. The number of hydrogen-bond acceptors (Lipinski definition) is 6. The quantitative estimate of drug-likeness (QED) is 0.515. The van der Waals surface area contributed by atoms with Crippen molar-refractivity contribution < 1.29 is 16.8 Å². The predicted octanol–water partition coefficient (Wildman–Crippen LogP) is 2.70. The van der Waals surface area contributed by atoms with E-state index in [0.29, 0.717) is 6.54 Å². The van der Waals surface area contributed by atoms with Gasteiger partial charge in [0.25, 0.3) is 0 Å². The van der Waals surface area contributed by atoms with Crippen molar-refractivity contribution in [2.24, 2.45) is 0 Å². The van der Waals surface area contributed by atoms with Crippen molar-refractivity contribution in [1.82, 2.24) is 9.62 Å². The number of hydrogen-bond donors (Lipinski definition) is 1. The van der Waals surface area contributed by atoms with Crippen molar-refractivity contribution in [1.29, 1.82) is 5.26 Å². The van der Waals surface area contributed by atoms with Crippen LogP contribution < -0.4 is 5.32 Å². The van der Waals surface area contributed by atoms with Gasteiger partial charge in [0.15, 0.2) is 9.84 Å². The Morgan fingerprint density at radius 2 is 1.56 bits per heavy atom. The van der Waals surface area contributed by atoms with E-state index in [1.54, 1.807) is 0 Å². The van der Waals surface area contributed by atoms with Crippen molar-refractivity contribution in [3.05, 3.63) is 102 Å². The number of nitriles is 1. The van der Waals surface area contributed by atoms with Gasteiger partial charge in [-0.3, -0.25) is 0 Å². The minimum absolute atomic E-state index is 0.0175. The molecular weight excluding hydrogens is 470 g/mol. The second kappa shape index (κ2) is 10.1. The van der Waals surface area contributed by atoms with Crippen molar-refractivity contribution >= 4 is 19.9 Å². The van der Waals surface area contributed by atoms with Crippen LogP contribution in [0, 0.1) is 11.3 Å². The predicted molar refractivity (Wildman–Crippen MR) is 130 cm³/mol. The van der Waals surface area contributed by atoms with Crippen LogP contribution in [0.1, 0.15) is 16.7 Å². The van der Waals surface area contributed by atoms with E-state index in [-0.39, 0.29) is 28.5 Å². The highest BCUT2D eigenvalue weighted by atomic mass is 32.2. The Bertz CT molecular complexity index is 1390. The second-order valence-electron chi connectivity index (χ2n) is 8.29. The third-order valence-corrected chi connectivity index (χ3v) is 9.44. The van der Waals surface area contributed by atoms with Gasteiger partial charge in [0.1, 0.15) is 0 Å². The summed E-state index contributed by atoms with van der Waals surface area (Å²) in [5.41, 5.74) is 1.94. The van der Waals surface area contributed by atoms with Gasteiger partial charge in [-0.05, 0) is 29.3 Å². The number of sulfone groups is 1. The van der Waals surface area contributed by atoms with E-state index in [9.17, 15) is 22.1 Å². The third kappa shape index (κ3) is 5.54. The molecule has 0 bridgehead atoms. The highest BCUT2D eigenvalue weighted by Crippen LogP contribution is 2.28. The summed E-state index contributed by atoms with van der Waals surface area (Å²) in [7, 11) is -7.57. The molecule has 0 radical (unpaired) electrons. The lowest BCUT2D eigenvalue weighted by atomic mass is 10.1. The van der Waals surface area contributed by atoms with Crippen LogP contribution in [0.3, 0.4) is 0 Å². The first kappa shape index (κ1) is 24.1. The lowest BCUT2D eigenvalue weighted by Gasteiger charge is -2.32. The van der Waals surface area contributed by atoms with Crippen LogP contribution in [0.2, 0.25) is 0 Å². The Kier molecular flexibility index (Phi) is 7.14. The fourth-order valence-corrected chi connectivity index (χ4v) is 7.90. The normalized spacial score (nSPS) is 19.6. The van der Waals surface area contributed by atoms with Crippen LogP contribution in [-0.2, 0) is 33.0 Å². The smallest absolute Gasteiger partial charge is 0.243 e. The Labute approximate surface area is 200 Å². The summed E-state index contributed by atoms with van der Waals surface area (Å²) in [6.45, 7) is 0.435. The zero-order chi connectivity index (χ0) is 24.2. The van der Waals surface area contributed by atoms with Crippen LogP contribution in [0.4, 0.5) is 0 Å². The molecule has 1 fully saturated rings. The molecule has 0 saturated carbocycles. The van der Waals surface area contributed by atoms with Crippen LogP contribution in [0.25, 0.3) is 0 Å². The molecule has 0 aliphatic carbocycles. The van der Waals surface area contributed by atoms with Gasteiger partial charge in [0.05, 0.1) is 34.1 Å². The highest BCUT2D eigenvalue weighted by molar-refractivity contribution is 7.92. The average Bonchev–Trinajstić information content (AvgIpc) is 3.16. The van der Waals surface area contributed by atoms with E-state index < -0.39 is 31.9 Å². The van der Waals surface area contributed by atoms with Gasteiger partial charge in [-0.2, -0.15) is 9.57 Å². The first-order valence-electron chi connectivity index (χ1n) is 10.8. The first-order valence-corrected chi connectivity index (χ1v) is 14.1. The Morgan fingerprint density at radius 1 is 0.912 bits per heavy atom. The van der Waals surface area contributed by atoms with E-state index >= 15 is 0 Å². The molecule has 1 aliphatic heterocycles. The van der Waals surface area contributed by atoms with E-state index in [0.717, 1.165) is 11.1 Å². The lowest BCUT2D eigenvalue weighted by Crippen LogP contribution is -2.51. The molecule has 3 aromatic carbocycles. The lowest BCUT2D eigenvalue weighted by molar-refractivity contribution is 0.286. The number of nitrogens with zero attached hydrogens (tertiary/aromatic N) is 2. The summed E-state index contributed by atoms with van der Waals surface area (Å²) in [6.07, 6.45) is 0. The third-order valence-electron chi connectivity index (χ3n) is 5.85. The molecule has 176 valence electrons. The van der Waals surface area contributed by atoms with Gasteiger partial charge in [0, 0.05) is 19.1 Å². The zero-order valence-electron chi connectivity index (χ0n) is 18.4. The molecule has 0 aromatic heterocycles. The summed E-state index contributed by atoms with van der Waals surface area (Å²) in [5.74, 6) is -0.424. The van der Waals surface area contributed by atoms with E-state index in [2.05, 4.69) is 5.32 Å². The van der Waals surface area contributed by atoms with E-state index in [1.165, 1.54) is 28.6 Å². The molecule has 1 N–H and O–H groups in total. The molecular formula is C25H25N3O4S2. The maximum atomic E-state index is 13.8. The molecule has 3 aromatic rings. The molecule has 0 spiro atoms. The van der Waals surface area contributed by atoms with Crippen LogP contribution >= 0.6 is 0 Å². The van der Waals surface area contributed by atoms with E-state index in [4.69, 9.17) is 0 Å². The van der Waals surface area contributed by atoms with Crippen LogP contribution in [0.15, 0.2) is 89.8 Å². The van der Waals surface area contributed by atoms with Crippen LogP contribution in [-0.4, -0.2) is 44.7 Å². The number of nitrogens with one attached hydrogen (secondary N) is 1. The maximum Gasteiger partial charge on any atom is 0.243 e. The fourth-order valence-electron chi connectivity index (χ4n) is 4.16. The first-order chi connectivity index (χ1) is 16.3. The minimum Gasteiger partial charge on any atom is -0.307 e. The minimum atomic E-state index is -4.10. The van der Waals surface area contributed by atoms with Gasteiger partial charge < -0.3 is 5.32 Å². The van der Waals surface area contributed by atoms with Gasteiger partial charge in [0.2, 0.25) is 10.0 Å². The topological polar surface area (TPSA) is 107 Å². The van der Waals surface area contributed by atoms with Crippen LogP contribution in [0.5, 0.6) is 0 Å². The fraction of sp³-hybridized carbons (Fsp3) is 0.240. The number of benzene rings is 3. The van der Waals surface area contributed by atoms with Gasteiger partial charge in [-0.15, -0.1) is 0 Å². The molecule has 0 amide bonds. The second-order valence-corrected chi connectivity index (χ2v) is 12.3. The largest absolute Gasteiger partial charge is 0.307 e. The summed E-state index contributed by atoms with van der Waals surface area (Å²) in [5, 5.41) is 12.5. The highest BCUT2D eigenvalue weighted by Gasteiger charge is 2.45. The van der Waals surface area contributed by atoms with E-state index in [1.807, 2.05) is 66.7 Å². The molecule has 1 saturated heterocycles. The average molecular weight is 496 g/mol. The molecule has 9 heteroatoms. The summed E-state index contributed by atoms with van der Waals surface area (Å²) >= 11 is 0. The van der Waals surface area contributed by atoms with Crippen molar-refractivity contribution in [2.45, 2.75) is 30.1 Å². The maximum absolute atomic E-state index is 13.8. The molecule has 0 unspecified atom stereocenters. The van der Waals surface area contributed by atoms with Gasteiger partial charge in [-0.1, -0.05) is 66.7 Å². The van der Waals surface area contributed by atoms with Crippen molar-refractivity contribution in [3.8, 4) is 6.07 Å². The number of rotatable bonds is 8. The monoisotopic (exact) mass is 495 g/mol. The molecule has 1 heterocycles. The van der Waals surface area contributed by atoms with Crippen molar-refractivity contribution in [2.75, 3.05) is 11.5 Å². The SMILES string of the molecule is N#Cc1cccc(S(=O)(=O)N(Cc2ccccc2)[C@H]2CS(=O)(=O)C[C@H]2NCc2ccccc2)c1.